The number of aliphatic imine (C=N–C) groups is 1. The number of ether oxygens (including phenoxy) is 2. The number of methoxy groups -OCH3 is 1. The third-order valence-electron chi connectivity index (χ3n) is 3.82. The van der Waals surface area contributed by atoms with E-state index >= 15 is 0 Å². The summed E-state index contributed by atoms with van der Waals surface area (Å²) >= 11 is 4.84. The van der Waals surface area contributed by atoms with Crippen LogP contribution in [0.5, 0.6) is 11.5 Å². The van der Waals surface area contributed by atoms with Gasteiger partial charge in [-0.2, -0.15) is 0 Å². The van der Waals surface area contributed by atoms with Crippen LogP contribution in [0.2, 0.25) is 0 Å². The topological polar surface area (TPSA) is 59.9 Å². The molecule has 0 spiro atoms. The lowest BCUT2D eigenvalue weighted by Crippen LogP contribution is -2.19. The van der Waals surface area contributed by atoms with E-state index in [-0.39, 0.29) is 12.0 Å². The van der Waals surface area contributed by atoms with Gasteiger partial charge in [0.2, 0.25) is 0 Å². The molecule has 0 aliphatic carbocycles. The predicted octanol–water partition coefficient (Wildman–Crippen LogP) is 5.44. The van der Waals surface area contributed by atoms with E-state index in [1.165, 1.54) is 11.8 Å². The summed E-state index contributed by atoms with van der Waals surface area (Å²) in [5.74, 6) is 1.07. The molecule has 0 aromatic heterocycles. The van der Waals surface area contributed by atoms with Gasteiger partial charge in [-0.1, -0.05) is 17.7 Å². The molecule has 0 unspecified atom stereocenters. The number of hydrogen-bond donors (Lipinski definition) is 1. The number of carbonyl (C=O) groups is 1. The number of amidine groups is 1. The molecule has 1 aliphatic heterocycles. The van der Waals surface area contributed by atoms with E-state index < -0.39 is 0 Å². The summed E-state index contributed by atoms with van der Waals surface area (Å²) < 4.78 is 12.0. The Kier molecular flexibility index (Phi) is 6.46. The van der Waals surface area contributed by atoms with Gasteiger partial charge in [-0.3, -0.25) is 4.79 Å². The first-order chi connectivity index (χ1) is 13.4. The van der Waals surface area contributed by atoms with Crippen molar-refractivity contribution in [2.24, 2.45) is 4.99 Å². The number of halogens is 1. The Morgan fingerprint density at radius 1 is 1.21 bits per heavy atom. The first-order valence-electron chi connectivity index (χ1n) is 8.76. The molecule has 1 saturated heterocycles. The summed E-state index contributed by atoms with van der Waals surface area (Å²) in [6.45, 7) is 5.93. The van der Waals surface area contributed by atoms with Gasteiger partial charge in [0.15, 0.2) is 16.7 Å². The molecule has 5 nitrogen and oxygen atoms in total. The van der Waals surface area contributed by atoms with Crippen molar-refractivity contribution in [2.45, 2.75) is 26.9 Å². The maximum atomic E-state index is 12.3. The first kappa shape index (κ1) is 20.5. The summed E-state index contributed by atoms with van der Waals surface area (Å²) in [5.41, 5.74) is 2.79. The number of amides is 1. The SMILES string of the molecule is COc1cc(/C=C2\SC(=Nc3ccc(C)cc3)NC2=O)cc(Br)c1OC(C)C. The van der Waals surface area contributed by atoms with Gasteiger partial charge < -0.3 is 14.8 Å². The van der Waals surface area contributed by atoms with E-state index in [2.05, 4.69) is 26.2 Å². The molecule has 0 saturated carbocycles. The van der Waals surface area contributed by atoms with Gasteiger partial charge in [0.1, 0.15) is 0 Å². The van der Waals surface area contributed by atoms with Crippen LogP contribution >= 0.6 is 27.7 Å². The second-order valence-electron chi connectivity index (χ2n) is 6.52. The zero-order valence-corrected chi connectivity index (χ0v) is 18.5. The Balaban J connectivity index is 1.86. The number of rotatable bonds is 5. The summed E-state index contributed by atoms with van der Waals surface area (Å²) in [6.07, 6.45) is 1.83. The molecule has 2 aromatic rings. The van der Waals surface area contributed by atoms with Crippen molar-refractivity contribution in [3.8, 4) is 11.5 Å². The average Bonchev–Trinajstić information content (AvgIpc) is 2.97. The van der Waals surface area contributed by atoms with Crippen LogP contribution in [0.3, 0.4) is 0 Å². The molecule has 28 heavy (non-hydrogen) atoms. The molecule has 7 heteroatoms. The van der Waals surface area contributed by atoms with Crippen LogP contribution in [-0.2, 0) is 4.79 Å². The molecule has 0 atom stereocenters. The largest absolute Gasteiger partial charge is 0.493 e. The highest BCUT2D eigenvalue weighted by molar-refractivity contribution is 9.10. The third kappa shape index (κ3) is 4.97. The van der Waals surface area contributed by atoms with Crippen molar-refractivity contribution in [1.82, 2.24) is 5.32 Å². The Bertz CT molecular complexity index is 953. The van der Waals surface area contributed by atoms with Crippen molar-refractivity contribution in [3.63, 3.8) is 0 Å². The maximum Gasteiger partial charge on any atom is 0.264 e. The fourth-order valence-electron chi connectivity index (χ4n) is 2.54. The zero-order chi connectivity index (χ0) is 20.3. The number of nitrogens with zero attached hydrogens (tertiary/aromatic N) is 1. The van der Waals surface area contributed by atoms with Crippen LogP contribution in [-0.4, -0.2) is 24.3 Å². The minimum Gasteiger partial charge on any atom is -0.493 e. The number of thioether (sulfide) groups is 1. The second kappa shape index (κ2) is 8.84. The molecule has 1 amide bonds. The van der Waals surface area contributed by atoms with Crippen LogP contribution in [0, 0.1) is 6.92 Å². The van der Waals surface area contributed by atoms with Crippen molar-refractivity contribution in [1.29, 1.82) is 0 Å². The minimum absolute atomic E-state index is 0.0195. The Morgan fingerprint density at radius 2 is 1.93 bits per heavy atom. The highest BCUT2D eigenvalue weighted by atomic mass is 79.9. The monoisotopic (exact) mass is 460 g/mol. The van der Waals surface area contributed by atoms with Crippen LogP contribution in [0.1, 0.15) is 25.0 Å². The Labute approximate surface area is 177 Å². The van der Waals surface area contributed by atoms with Crippen LogP contribution in [0.25, 0.3) is 6.08 Å². The summed E-state index contributed by atoms with van der Waals surface area (Å²) in [4.78, 5) is 17.4. The van der Waals surface area contributed by atoms with Crippen molar-refractivity contribution < 1.29 is 14.3 Å². The smallest absolute Gasteiger partial charge is 0.264 e. The highest BCUT2D eigenvalue weighted by Crippen LogP contribution is 2.38. The van der Waals surface area contributed by atoms with Gasteiger partial charge in [0, 0.05) is 0 Å². The molecule has 1 N–H and O–H groups in total. The zero-order valence-electron chi connectivity index (χ0n) is 16.1. The molecular weight excluding hydrogens is 440 g/mol. The van der Waals surface area contributed by atoms with Crippen molar-refractivity contribution >= 4 is 50.5 Å². The quantitative estimate of drug-likeness (QED) is 0.602. The Morgan fingerprint density at radius 3 is 2.57 bits per heavy atom. The normalized spacial score (nSPS) is 16.7. The minimum atomic E-state index is -0.173. The molecule has 1 fully saturated rings. The number of aryl methyl sites for hydroxylation is 1. The number of hydrogen-bond acceptors (Lipinski definition) is 5. The van der Waals surface area contributed by atoms with Crippen molar-refractivity contribution in [3.05, 3.63) is 56.9 Å². The number of benzene rings is 2. The standard InChI is InChI=1S/C21H21BrN2O3S/c1-12(2)27-19-16(22)9-14(10-17(19)26-4)11-18-20(25)24-21(28-18)23-15-7-5-13(3)6-8-15/h5-12H,1-4H3,(H,23,24,25)/b18-11-. The van der Waals surface area contributed by atoms with Gasteiger partial charge in [-0.25, -0.2) is 4.99 Å². The molecule has 1 heterocycles. The van der Waals surface area contributed by atoms with Gasteiger partial charge in [-0.15, -0.1) is 0 Å². The van der Waals surface area contributed by atoms with E-state index in [4.69, 9.17) is 9.47 Å². The van der Waals surface area contributed by atoms with Crippen LogP contribution in [0.4, 0.5) is 5.69 Å². The van der Waals surface area contributed by atoms with Crippen LogP contribution in [0.15, 0.2) is 50.8 Å². The fraction of sp³-hybridized carbons (Fsp3) is 0.238. The lowest BCUT2D eigenvalue weighted by atomic mass is 10.2. The number of carbonyl (C=O) groups excluding carboxylic acids is 1. The average molecular weight is 461 g/mol. The van der Waals surface area contributed by atoms with E-state index in [1.807, 2.05) is 63.2 Å². The summed E-state index contributed by atoms with van der Waals surface area (Å²) in [6, 6.07) is 11.6. The first-order valence-corrected chi connectivity index (χ1v) is 10.4. The third-order valence-corrected chi connectivity index (χ3v) is 5.32. The molecule has 3 rings (SSSR count). The summed E-state index contributed by atoms with van der Waals surface area (Å²) in [7, 11) is 1.59. The van der Waals surface area contributed by atoms with Gasteiger partial charge in [0.05, 0.1) is 28.3 Å². The van der Waals surface area contributed by atoms with Crippen molar-refractivity contribution in [2.75, 3.05) is 7.11 Å². The lowest BCUT2D eigenvalue weighted by Gasteiger charge is -2.16. The predicted molar refractivity (Wildman–Crippen MR) is 118 cm³/mol. The van der Waals surface area contributed by atoms with E-state index in [0.717, 1.165) is 21.3 Å². The van der Waals surface area contributed by atoms with Crippen LogP contribution < -0.4 is 14.8 Å². The molecule has 0 bridgehead atoms. The number of nitrogens with one attached hydrogen (secondary N) is 1. The molecule has 2 aromatic carbocycles. The van der Waals surface area contributed by atoms with E-state index in [1.54, 1.807) is 7.11 Å². The summed E-state index contributed by atoms with van der Waals surface area (Å²) in [5, 5.41) is 3.37. The molecular formula is C21H21BrN2O3S. The molecule has 146 valence electrons. The highest BCUT2D eigenvalue weighted by Gasteiger charge is 2.24. The molecule has 1 aliphatic rings. The van der Waals surface area contributed by atoms with Gasteiger partial charge >= 0.3 is 0 Å². The maximum absolute atomic E-state index is 12.3. The van der Waals surface area contributed by atoms with Gasteiger partial charge in [0.25, 0.3) is 5.91 Å². The lowest BCUT2D eigenvalue weighted by molar-refractivity contribution is -0.115. The van der Waals surface area contributed by atoms with E-state index in [9.17, 15) is 4.79 Å². The fourth-order valence-corrected chi connectivity index (χ4v) is 3.94. The molecule has 0 radical (unpaired) electrons. The van der Waals surface area contributed by atoms with E-state index in [0.29, 0.717) is 21.6 Å². The second-order valence-corrected chi connectivity index (χ2v) is 8.40. The van der Waals surface area contributed by atoms with Gasteiger partial charge in [-0.05, 0) is 84.4 Å². The Hall–Kier alpha value is -2.25.